The summed E-state index contributed by atoms with van der Waals surface area (Å²) in [4.78, 5) is 16.6. The first-order chi connectivity index (χ1) is 14.5. The van der Waals surface area contributed by atoms with E-state index in [0.29, 0.717) is 22.7 Å². The van der Waals surface area contributed by atoms with Crippen LogP contribution in [-0.2, 0) is 4.79 Å². The van der Waals surface area contributed by atoms with Crippen LogP contribution in [0.3, 0.4) is 0 Å². The Morgan fingerprint density at radius 2 is 1.87 bits per heavy atom. The number of nitrogens with one attached hydrogen (secondary N) is 1. The third-order valence-corrected chi connectivity index (χ3v) is 5.65. The highest BCUT2D eigenvalue weighted by molar-refractivity contribution is 7.99. The van der Waals surface area contributed by atoms with E-state index >= 15 is 0 Å². The topological polar surface area (TPSA) is 72.7 Å². The lowest BCUT2D eigenvalue weighted by Gasteiger charge is -2.14. The molecule has 0 radical (unpaired) electrons. The van der Waals surface area contributed by atoms with Crippen LogP contribution in [0.4, 0.5) is 0 Å². The molecule has 0 saturated heterocycles. The van der Waals surface area contributed by atoms with Gasteiger partial charge in [0.2, 0.25) is 5.91 Å². The van der Waals surface area contributed by atoms with E-state index in [-0.39, 0.29) is 11.9 Å². The maximum atomic E-state index is 12.4. The molecular weight excluding hydrogens is 394 g/mol. The molecule has 0 aliphatic rings. The van der Waals surface area contributed by atoms with Crippen molar-refractivity contribution in [3.8, 4) is 17.1 Å². The van der Waals surface area contributed by atoms with Crippen molar-refractivity contribution < 1.29 is 4.79 Å². The van der Waals surface area contributed by atoms with E-state index in [9.17, 15) is 4.79 Å². The average Bonchev–Trinajstić information content (AvgIpc) is 3.17. The number of carbonyl (C=O) groups is 1. The molecule has 0 saturated carbocycles. The van der Waals surface area contributed by atoms with Crippen LogP contribution in [0.5, 0.6) is 0 Å². The van der Waals surface area contributed by atoms with Gasteiger partial charge >= 0.3 is 0 Å². The van der Waals surface area contributed by atoms with Gasteiger partial charge in [-0.25, -0.2) is 0 Å². The zero-order chi connectivity index (χ0) is 21.3. The Balaban J connectivity index is 1.69. The van der Waals surface area contributed by atoms with E-state index in [2.05, 4.69) is 41.3 Å². The van der Waals surface area contributed by atoms with E-state index in [1.54, 1.807) is 12.4 Å². The van der Waals surface area contributed by atoms with Gasteiger partial charge in [-0.15, -0.1) is 10.2 Å². The maximum Gasteiger partial charge on any atom is 0.230 e. The Morgan fingerprint density at radius 1 is 1.07 bits per heavy atom. The van der Waals surface area contributed by atoms with E-state index in [4.69, 9.17) is 0 Å². The molecule has 7 heteroatoms. The first kappa shape index (κ1) is 22.0. The van der Waals surface area contributed by atoms with Crippen molar-refractivity contribution in [1.82, 2.24) is 25.1 Å². The lowest BCUT2D eigenvalue weighted by Crippen LogP contribution is -2.33. The largest absolute Gasteiger partial charge is 0.353 e. The average molecular weight is 424 g/mol. The van der Waals surface area contributed by atoms with E-state index < -0.39 is 0 Å². The highest BCUT2D eigenvalue weighted by atomic mass is 32.2. The fourth-order valence-corrected chi connectivity index (χ4v) is 3.97. The smallest absolute Gasteiger partial charge is 0.230 e. The molecule has 0 aliphatic heterocycles. The molecular formula is C23H29N5OS. The van der Waals surface area contributed by atoms with Crippen LogP contribution in [0.2, 0.25) is 0 Å². The summed E-state index contributed by atoms with van der Waals surface area (Å²) in [6.07, 6.45) is 6.81. The zero-order valence-corrected chi connectivity index (χ0v) is 18.6. The lowest BCUT2D eigenvalue weighted by atomic mass is 10.0. The van der Waals surface area contributed by atoms with Crippen LogP contribution >= 0.6 is 11.8 Å². The van der Waals surface area contributed by atoms with Crippen LogP contribution < -0.4 is 5.32 Å². The number of amides is 1. The predicted molar refractivity (Wildman–Crippen MR) is 122 cm³/mol. The molecule has 2 heterocycles. The van der Waals surface area contributed by atoms with Gasteiger partial charge < -0.3 is 5.32 Å². The van der Waals surface area contributed by atoms with Gasteiger partial charge in [-0.3, -0.25) is 14.3 Å². The number of pyridine rings is 1. The predicted octanol–water partition coefficient (Wildman–Crippen LogP) is 4.75. The highest BCUT2D eigenvalue weighted by Gasteiger charge is 2.17. The Kier molecular flexibility index (Phi) is 8.02. The molecule has 1 atom stereocenters. The third-order valence-electron chi connectivity index (χ3n) is 4.73. The highest BCUT2D eigenvalue weighted by Crippen LogP contribution is 2.27. The van der Waals surface area contributed by atoms with Gasteiger partial charge in [0.15, 0.2) is 11.0 Å². The van der Waals surface area contributed by atoms with Gasteiger partial charge in [-0.05, 0) is 43.5 Å². The number of hydrogen-bond acceptors (Lipinski definition) is 5. The molecule has 1 unspecified atom stereocenters. The SMILES string of the molecule is CC(C)CCCC(C)NC(=O)CSc1nnc(-c2cccnc2)n1-c1ccccc1. The van der Waals surface area contributed by atoms with Gasteiger partial charge in [0.05, 0.1) is 5.75 Å². The molecule has 1 amide bonds. The molecule has 0 aliphatic carbocycles. The van der Waals surface area contributed by atoms with Crippen molar-refractivity contribution in [2.45, 2.75) is 51.2 Å². The van der Waals surface area contributed by atoms with Crippen molar-refractivity contribution in [2.75, 3.05) is 5.75 Å². The van der Waals surface area contributed by atoms with Crippen LogP contribution in [0.25, 0.3) is 17.1 Å². The molecule has 0 spiro atoms. The summed E-state index contributed by atoms with van der Waals surface area (Å²) in [6, 6.07) is 13.9. The van der Waals surface area contributed by atoms with Gasteiger partial charge in [-0.2, -0.15) is 0 Å². The molecule has 3 rings (SSSR count). The molecule has 0 fully saturated rings. The number of thioether (sulfide) groups is 1. The van der Waals surface area contributed by atoms with Crippen LogP contribution in [0, 0.1) is 5.92 Å². The second kappa shape index (κ2) is 10.9. The second-order valence-corrected chi connectivity index (χ2v) is 8.74. The Hall–Kier alpha value is -2.67. The summed E-state index contributed by atoms with van der Waals surface area (Å²) < 4.78 is 1.97. The molecule has 3 aromatic rings. The minimum absolute atomic E-state index is 0.0163. The number of nitrogens with zero attached hydrogens (tertiary/aromatic N) is 4. The minimum atomic E-state index is 0.0163. The Labute approximate surface area is 182 Å². The van der Waals surface area contributed by atoms with Gasteiger partial charge in [0.1, 0.15) is 0 Å². The summed E-state index contributed by atoms with van der Waals surface area (Å²) >= 11 is 1.39. The van der Waals surface area contributed by atoms with Crippen molar-refractivity contribution in [3.63, 3.8) is 0 Å². The molecule has 2 aromatic heterocycles. The first-order valence-corrected chi connectivity index (χ1v) is 11.4. The Bertz CT molecular complexity index is 927. The number of hydrogen-bond donors (Lipinski definition) is 1. The van der Waals surface area contributed by atoms with Crippen molar-refractivity contribution in [3.05, 3.63) is 54.9 Å². The Morgan fingerprint density at radius 3 is 2.57 bits per heavy atom. The molecule has 6 nitrogen and oxygen atoms in total. The summed E-state index contributed by atoms with van der Waals surface area (Å²) in [5, 5.41) is 12.5. The van der Waals surface area contributed by atoms with Gasteiger partial charge in [0, 0.05) is 29.7 Å². The van der Waals surface area contributed by atoms with Crippen molar-refractivity contribution in [1.29, 1.82) is 0 Å². The summed E-state index contributed by atoms with van der Waals surface area (Å²) in [7, 11) is 0. The van der Waals surface area contributed by atoms with Gasteiger partial charge in [0.25, 0.3) is 0 Å². The molecule has 30 heavy (non-hydrogen) atoms. The van der Waals surface area contributed by atoms with Crippen LogP contribution in [-0.4, -0.2) is 37.5 Å². The monoisotopic (exact) mass is 423 g/mol. The molecule has 0 bridgehead atoms. The molecule has 1 aromatic carbocycles. The lowest BCUT2D eigenvalue weighted by molar-refractivity contribution is -0.119. The fraction of sp³-hybridized carbons (Fsp3) is 0.391. The van der Waals surface area contributed by atoms with Gasteiger partial charge in [-0.1, -0.05) is 56.7 Å². The normalized spacial score (nSPS) is 12.1. The standard InChI is InChI=1S/C23H29N5OS/c1-17(2)9-7-10-18(3)25-21(29)16-30-23-27-26-22(19-11-8-14-24-15-19)28(23)20-12-5-4-6-13-20/h4-6,8,11-15,17-18H,7,9-10,16H2,1-3H3,(H,25,29). The number of carbonyl (C=O) groups excluding carboxylic acids is 1. The van der Waals surface area contributed by atoms with Crippen molar-refractivity contribution in [2.24, 2.45) is 5.92 Å². The van der Waals surface area contributed by atoms with E-state index in [0.717, 1.165) is 24.1 Å². The second-order valence-electron chi connectivity index (χ2n) is 7.80. The van der Waals surface area contributed by atoms with E-state index in [1.807, 2.05) is 47.0 Å². The van der Waals surface area contributed by atoms with E-state index in [1.165, 1.54) is 18.2 Å². The van der Waals surface area contributed by atoms with Crippen LogP contribution in [0.1, 0.15) is 40.0 Å². The molecule has 1 N–H and O–H groups in total. The van der Waals surface area contributed by atoms with Crippen LogP contribution in [0.15, 0.2) is 60.0 Å². The zero-order valence-electron chi connectivity index (χ0n) is 17.8. The number of para-hydroxylation sites is 1. The quantitative estimate of drug-likeness (QED) is 0.476. The maximum absolute atomic E-state index is 12.4. The number of rotatable bonds is 10. The summed E-state index contributed by atoms with van der Waals surface area (Å²) in [6.45, 7) is 6.51. The number of benzene rings is 1. The fourth-order valence-electron chi connectivity index (χ4n) is 3.21. The third kappa shape index (κ3) is 6.16. The summed E-state index contributed by atoms with van der Waals surface area (Å²) in [5.41, 5.74) is 1.83. The summed E-state index contributed by atoms with van der Waals surface area (Å²) in [5.74, 6) is 1.72. The van der Waals surface area contributed by atoms with Crippen molar-refractivity contribution >= 4 is 17.7 Å². The number of aromatic nitrogens is 4. The minimum Gasteiger partial charge on any atom is -0.353 e. The first-order valence-electron chi connectivity index (χ1n) is 10.4. The molecule has 158 valence electrons.